The highest BCUT2D eigenvalue weighted by molar-refractivity contribution is 7.19. The Hall–Kier alpha value is -1.99. The van der Waals surface area contributed by atoms with Gasteiger partial charge in [0.05, 0.1) is 10.9 Å². The van der Waals surface area contributed by atoms with Gasteiger partial charge in [0.25, 0.3) is 5.91 Å². The number of hydrogen-bond donors (Lipinski definition) is 0. The van der Waals surface area contributed by atoms with E-state index in [1.54, 1.807) is 17.7 Å². The SMILES string of the molecule is O=C(c1ccsc1)N1CCCN(c2ncnc3sc4c(c23)CCCC4)CC1. The second kappa shape index (κ2) is 7.20. The van der Waals surface area contributed by atoms with E-state index >= 15 is 0 Å². The maximum Gasteiger partial charge on any atom is 0.254 e. The zero-order valence-corrected chi connectivity index (χ0v) is 16.8. The molecule has 0 spiro atoms. The van der Waals surface area contributed by atoms with Gasteiger partial charge in [-0.15, -0.1) is 11.3 Å². The van der Waals surface area contributed by atoms with Gasteiger partial charge in [-0.2, -0.15) is 11.3 Å². The van der Waals surface area contributed by atoms with E-state index < -0.39 is 0 Å². The van der Waals surface area contributed by atoms with Crippen LogP contribution in [0.2, 0.25) is 0 Å². The smallest absolute Gasteiger partial charge is 0.254 e. The highest BCUT2D eigenvalue weighted by Crippen LogP contribution is 2.39. The molecule has 0 unspecified atom stereocenters. The van der Waals surface area contributed by atoms with E-state index in [1.165, 1.54) is 35.1 Å². The molecular formula is C20H22N4OS2. The molecule has 0 aromatic carbocycles. The van der Waals surface area contributed by atoms with Gasteiger partial charge in [-0.3, -0.25) is 4.79 Å². The summed E-state index contributed by atoms with van der Waals surface area (Å²) in [5.74, 6) is 1.23. The van der Waals surface area contributed by atoms with Crippen LogP contribution in [0.1, 0.15) is 40.1 Å². The zero-order chi connectivity index (χ0) is 18.2. The molecule has 1 fully saturated rings. The molecule has 1 amide bonds. The molecule has 7 heteroatoms. The highest BCUT2D eigenvalue weighted by atomic mass is 32.1. The summed E-state index contributed by atoms with van der Waals surface area (Å²) in [5, 5.41) is 5.18. The van der Waals surface area contributed by atoms with Gasteiger partial charge in [0.2, 0.25) is 0 Å². The first-order valence-corrected chi connectivity index (χ1v) is 11.4. The summed E-state index contributed by atoms with van der Waals surface area (Å²) in [6, 6.07) is 1.92. The minimum Gasteiger partial charge on any atom is -0.354 e. The van der Waals surface area contributed by atoms with Crippen LogP contribution in [0.3, 0.4) is 0 Å². The molecule has 0 saturated carbocycles. The van der Waals surface area contributed by atoms with Crippen LogP contribution in [0.5, 0.6) is 0 Å². The minimum atomic E-state index is 0.152. The van der Waals surface area contributed by atoms with Crippen molar-refractivity contribution in [2.45, 2.75) is 32.1 Å². The first-order valence-electron chi connectivity index (χ1n) is 9.63. The Labute approximate surface area is 166 Å². The standard InChI is InChI=1S/C20H22N4OS2/c25-20(14-6-11-26-12-14)24-8-3-7-23(9-10-24)18-17-15-4-1-2-5-16(15)27-19(17)22-13-21-18/h6,11-13H,1-5,7-10H2. The molecule has 140 valence electrons. The molecule has 0 radical (unpaired) electrons. The van der Waals surface area contributed by atoms with Crippen molar-refractivity contribution in [3.05, 3.63) is 39.2 Å². The van der Waals surface area contributed by atoms with Gasteiger partial charge < -0.3 is 9.80 Å². The van der Waals surface area contributed by atoms with E-state index in [0.29, 0.717) is 0 Å². The highest BCUT2D eigenvalue weighted by Gasteiger charge is 2.25. The first kappa shape index (κ1) is 17.1. The summed E-state index contributed by atoms with van der Waals surface area (Å²) in [6.45, 7) is 3.31. The number of carbonyl (C=O) groups is 1. The van der Waals surface area contributed by atoms with E-state index in [1.807, 2.05) is 33.1 Å². The molecule has 0 atom stereocenters. The van der Waals surface area contributed by atoms with Crippen molar-refractivity contribution in [1.82, 2.24) is 14.9 Å². The quantitative estimate of drug-likeness (QED) is 0.655. The Morgan fingerprint density at radius 2 is 1.96 bits per heavy atom. The largest absolute Gasteiger partial charge is 0.354 e. The maximum absolute atomic E-state index is 12.7. The predicted molar refractivity (Wildman–Crippen MR) is 111 cm³/mol. The lowest BCUT2D eigenvalue weighted by molar-refractivity contribution is 0.0767. The molecule has 1 saturated heterocycles. The molecule has 1 aliphatic carbocycles. The lowest BCUT2D eigenvalue weighted by Crippen LogP contribution is -2.35. The number of fused-ring (bicyclic) bond motifs is 3. The molecule has 3 aromatic heterocycles. The van der Waals surface area contributed by atoms with Crippen molar-refractivity contribution in [3.8, 4) is 0 Å². The van der Waals surface area contributed by atoms with Crippen LogP contribution in [0, 0.1) is 0 Å². The van der Waals surface area contributed by atoms with Crippen molar-refractivity contribution in [2.24, 2.45) is 0 Å². The molecule has 5 rings (SSSR count). The van der Waals surface area contributed by atoms with E-state index in [4.69, 9.17) is 4.98 Å². The van der Waals surface area contributed by atoms with Crippen LogP contribution in [-0.4, -0.2) is 47.0 Å². The fraction of sp³-hybridized carbons (Fsp3) is 0.450. The summed E-state index contributed by atoms with van der Waals surface area (Å²) in [6.07, 6.45) is 7.54. The summed E-state index contributed by atoms with van der Waals surface area (Å²) in [5.41, 5.74) is 2.29. The third-order valence-electron chi connectivity index (χ3n) is 5.58. The molecule has 0 bridgehead atoms. The molecule has 0 N–H and O–H groups in total. The van der Waals surface area contributed by atoms with E-state index in [0.717, 1.165) is 55.2 Å². The fourth-order valence-corrected chi connectivity index (χ4v) is 6.07. The zero-order valence-electron chi connectivity index (χ0n) is 15.2. The predicted octanol–water partition coefficient (Wildman–Crippen LogP) is 3.98. The summed E-state index contributed by atoms with van der Waals surface area (Å²) in [7, 11) is 0. The van der Waals surface area contributed by atoms with Crippen LogP contribution in [0.25, 0.3) is 10.2 Å². The number of carbonyl (C=O) groups excluding carboxylic acids is 1. The number of thiophene rings is 2. The first-order chi connectivity index (χ1) is 13.3. The molecule has 27 heavy (non-hydrogen) atoms. The summed E-state index contributed by atoms with van der Waals surface area (Å²) < 4.78 is 0. The number of aromatic nitrogens is 2. The molecule has 4 heterocycles. The summed E-state index contributed by atoms with van der Waals surface area (Å²) in [4.78, 5) is 28.9. The van der Waals surface area contributed by atoms with Crippen LogP contribution >= 0.6 is 22.7 Å². The average molecular weight is 399 g/mol. The van der Waals surface area contributed by atoms with Crippen molar-refractivity contribution in [1.29, 1.82) is 0 Å². The van der Waals surface area contributed by atoms with Gasteiger partial charge in [0.1, 0.15) is 17.0 Å². The van der Waals surface area contributed by atoms with Gasteiger partial charge in [-0.1, -0.05) is 0 Å². The Morgan fingerprint density at radius 1 is 1.04 bits per heavy atom. The van der Waals surface area contributed by atoms with Crippen molar-refractivity contribution in [3.63, 3.8) is 0 Å². The Bertz CT molecular complexity index is 966. The molecule has 5 nitrogen and oxygen atoms in total. The topological polar surface area (TPSA) is 49.3 Å². The second-order valence-electron chi connectivity index (χ2n) is 7.23. The van der Waals surface area contributed by atoms with Gasteiger partial charge in [-0.25, -0.2) is 9.97 Å². The lowest BCUT2D eigenvalue weighted by Gasteiger charge is -2.24. The molecular weight excluding hydrogens is 376 g/mol. The van der Waals surface area contributed by atoms with Gasteiger partial charge in [-0.05, 0) is 49.1 Å². The van der Waals surface area contributed by atoms with E-state index in [9.17, 15) is 4.79 Å². The van der Waals surface area contributed by atoms with E-state index in [2.05, 4.69) is 9.88 Å². The Morgan fingerprint density at radius 3 is 2.85 bits per heavy atom. The van der Waals surface area contributed by atoms with Gasteiger partial charge in [0, 0.05) is 36.4 Å². The number of anilines is 1. The molecule has 2 aliphatic rings. The van der Waals surface area contributed by atoms with Crippen LogP contribution in [0.15, 0.2) is 23.2 Å². The second-order valence-corrected chi connectivity index (χ2v) is 9.10. The van der Waals surface area contributed by atoms with Gasteiger partial charge in [0.15, 0.2) is 0 Å². The molecule has 1 aliphatic heterocycles. The fourth-order valence-electron chi connectivity index (χ4n) is 4.21. The Kier molecular flexibility index (Phi) is 4.57. The van der Waals surface area contributed by atoms with Crippen LogP contribution in [0.4, 0.5) is 5.82 Å². The van der Waals surface area contributed by atoms with Crippen molar-refractivity contribution >= 4 is 44.6 Å². The van der Waals surface area contributed by atoms with Gasteiger partial charge >= 0.3 is 0 Å². The number of rotatable bonds is 2. The molecule has 3 aromatic rings. The third kappa shape index (κ3) is 3.12. The lowest BCUT2D eigenvalue weighted by atomic mass is 9.97. The number of nitrogens with zero attached hydrogens (tertiary/aromatic N) is 4. The number of amides is 1. The Balaban J connectivity index is 1.42. The van der Waals surface area contributed by atoms with Crippen molar-refractivity contribution < 1.29 is 4.79 Å². The maximum atomic E-state index is 12.7. The number of hydrogen-bond acceptors (Lipinski definition) is 6. The third-order valence-corrected chi connectivity index (χ3v) is 7.47. The van der Waals surface area contributed by atoms with Crippen LogP contribution in [-0.2, 0) is 12.8 Å². The summed E-state index contributed by atoms with van der Waals surface area (Å²) >= 11 is 3.42. The van der Waals surface area contributed by atoms with Crippen LogP contribution < -0.4 is 4.90 Å². The van der Waals surface area contributed by atoms with Crippen molar-refractivity contribution in [2.75, 3.05) is 31.1 Å². The monoisotopic (exact) mass is 398 g/mol. The minimum absolute atomic E-state index is 0.152. The van der Waals surface area contributed by atoms with E-state index in [-0.39, 0.29) is 5.91 Å². The average Bonchev–Trinajstić information content (AvgIpc) is 3.29. The normalized spacial score (nSPS) is 17.8. The number of aryl methyl sites for hydroxylation is 2.